The fourth-order valence-corrected chi connectivity index (χ4v) is 4.01. The number of carbonyl (C=O) groups excluding carboxylic acids is 1. The Morgan fingerprint density at radius 2 is 2.00 bits per heavy atom. The van der Waals surface area contributed by atoms with Gasteiger partial charge in [-0.3, -0.25) is 4.79 Å². The molecule has 0 saturated carbocycles. The van der Waals surface area contributed by atoms with Crippen molar-refractivity contribution in [2.75, 3.05) is 43.5 Å². The topological polar surface area (TPSA) is 102 Å². The van der Waals surface area contributed by atoms with Crippen molar-refractivity contribution in [3.8, 4) is 11.1 Å². The first-order valence-electron chi connectivity index (χ1n) is 10.5. The maximum Gasteiger partial charge on any atom is 0.326 e. The first kappa shape index (κ1) is 23.1. The van der Waals surface area contributed by atoms with Crippen LogP contribution in [0, 0.1) is 0 Å². The molecule has 0 spiro atoms. The van der Waals surface area contributed by atoms with E-state index in [2.05, 4.69) is 21.3 Å². The van der Waals surface area contributed by atoms with Crippen molar-refractivity contribution in [3.63, 3.8) is 0 Å². The standard InChI is InChI=1S/C23H30N4O3S/c1-31-12-9-21(23(29)30)27-22(28)19-8-7-17(26-15-18-14-24-10-11-25-18)13-20(19)16-5-3-2-4-6-16/h2-8,13,18,21,24-26H,9-12,14-15H2,1H3,(H,27,28)(H,29,30). The van der Waals surface area contributed by atoms with Crippen LogP contribution in [-0.2, 0) is 4.79 Å². The Morgan fingerprint density at radius 3 is 2.68 bits per heavy atom. The summed E-state index contributed by atoms with van der Waals surface area (Å²) in [4.78, 5) is 24.6. The highest BCUT2D eigenvalue weighted by Gasteiger charge is 2.22. The molecule has 1 aliphatic rings. The van der Waals surface area contributed by atoms with Crippen molar-refractivity contribution in [2.45, 2.75) is 18.5 Å². The largest absolute Gasteiger partial charge is 0.480 e. The van der Waals surface area contributed by atoms with E-state index in [-0.39, 0.29) is 5.91 Å². The van der Waals surface area contributed by atoms with Gasteiger partial charge in [0.25, 0.3) is 5.91 Å². The number of aliphatic carboxylic acids is 1. The Balaban J connectivity index is 1.81. The van der Waals surface area contributed by atoms with E-state index >= 15 is 0 Å². The van der Waals surface area contributed by atoms with Crippen molar-refractivity contribution < 1.29 is 14.7 Å². The van der Waals surface area contributed by atoms with Crippen molar-refractivity contribution in [1.29, 1.82) is 0 Å². The van der Waals surface area contributed by atoms with Gasteiger partial charge in [0.2, 0.25) is 0 Å². The number of nitrogens with one attached hydrogen (secondary N) is 4. The number of hydrogen-bond donors (Lipinski definition) is 5. The van der Waals surface area contributed by atoms with Crippen LogP contribution in [0.2, 0.25) is 0 Å². The molecule has 2 aromatic rings. The molecule has 1 fully saturated rings. The number of anilines is 1. The van der Waals surface area contributed by atoms with Gasteiger partial charge in [0.1, 0.15) is 6.04 Å². The number of carboxylic acids is 1. The first-order chi connectivity index (χ1) is 15.1. The quantitative estimate of drug-likeness (QED) is 0.385. The highest BCUT2D eigenvalue weighted by molar-refractivity contribution is 7.98. The molecule has 5 N–H and O–H groups in total. The van der Waals surface area contributed by atoms with Crippen LogP contribution in [0.25, 0.3) is 11.1 Å². The molecule has 2 atom stereocenters. The van der Waals surface area contributed by atoms with E-state index in [0.717, 1.165) is 43.0 Å². The lowest BCUT2D eigenvalue weighted by atomic mass is 9.98. The summed E-state index contributed by atoms with van der Waals surface area (Å²) in [6, 6.07) is 14.7. The summed E-state index contributed by atoms with van der Waals surface area (Å²) in [6.07, 6.45) is 2.30. The van der Waals surface area contributed by atoms with Crippen LogP contribution in [-0.4, -0.2) is 67.3 Å². The molecule has 8 heteroatoms. The van der Waals surface area contributed by atoms with Crippen LogP contribution < -0.4 is 21.3 Å². The maximum atomic E-state index is 13.0. The van der Waals surface area contributed by atoms with Crippen LogP contribution in [0.4, 0.5) is 5.69 Å². The average Bonchev–Trinajstić information content (AvgIpc) is 2.81. The summed E-state index contributed by atoms with van der Waals surface area (Å²) in [6.45, 7) is 3.60. The van der Waals surface area contributed by atoms with Crippen LogP contribution >= 0.6 is 11.8 Å². The fourth-order valence-electron chi connectivity index (χ4n) is 3.54. The van der Waals surface area contributed by atoms with Gasteiger partial charge in [0, 0.05) is 43.5 Å². The van der Waals surface area contributed by atoms with Gasteiger partial charge in [0.15, 0.2) is 0 Å². The monoisotopic (exact) mass is 442 g/mol. The van der Waals surface area contributed by atoms with Crippen molar-refractivity contribution >= 4 is 29.3 Å². The molecule has 3 rings (SSSR count). The molecule has 7 nitrogen and oxygen atoms in total. The summed E-state index contributed by atoms with van der Waals surface area (Å²) < 4.78 is 0. The van der Waals surface area contributed by atoms with Gasteiger partial charge in [-0.25, -0.2) is 4.79 Å². The number of piperazine rings is 1. The zero-order valence-electron chi connectivity index (χ0n) is 17.7. The van der Waals surface area contributed by atoms with E-state index in [0.29, 0.717) is 23.8 Å². The third kappa shape index (κ3) is 6.72. The van der Waals surface area contributed by atoms with E-state index in [1.54, 1.807) is 17.8 Å². The number of benzene rings is 2. The molecular weight excluding hydrogens is 412 g/mol. The van der Waals surface area contributed by atoms with Crippen molar-refractivity contribution in [2.24, 2.45) is 0 Å². The molecule has 166 valence electrons. The number of hydrogen-bond acceptors (Lipinski definition) is 6. The molecule has 1 aliphatic heterocycles. The second-order valence-corrected chi connectivity index (χ2v) is 8.49. The number of thioether (sulfide) groups is 1. The second-order valence-electron chi connectivity index (χ2n) is 7.51. The van der Waals surface area contributed by atoms with Crippen molar-refractivity contribution in [1.82, 2.24) is 16.0 Å². The summed E-state index contributed by atoms with van der Waals surface area (Å²) in [5.41, 5.74) is 3.06. The van der Waals surface area contributed by atoms with Gasteiger partial charge in [0.05, 0.1) is 0 Å². The lowest BCUT2D eigenvalue weighted by Gasteiger charge is -2.25. The molecule has 2 aromatic carbocycles. The minimum absolute atomic E-state index is 0.338. The molecule has 0 aliphatic carbocycles. The van der Waals surface area contributed by atoms with Gasteiger partial charge in [-0.05, 0) is 47.8 Å². The van der Waals surface area contributed by atoms with E-state index < -0.39 is 12.0 Å². The third-order valence-electron chi connectivity index (χ3n) is 5.24. The molecular formula is C23H30N4O3S. The van der Waals surface area contributed by atoms with E-state index in [1.807, 2.05) is 48.7 Å². The van der Waals surface area contributed by atoms with Gasteiger partial charge in [-0.1, -0.05) is 30.3 Å². The average molecular weight is 443 g/mol. The normalized spacial score (nSPS) is 17.0. The van der Waals surface area contributed by atoms with E-state index in [1.165, 1.54) is 0 Å². The van der Waals surface area contributed by atoms with Crippen molar-refractivity contribution in [3.05, 3.63) is 54.1 Å². The predicted molar refractivity (Wildman–Crippen MR) is 127 cm³/mol. The molecule has 1 amide bonds. The molecule has 1 heterocycles. The predicted octanol–water partition coefficient (Wildman–Crippen LogP) is 2.26. The van der Waals surface area contributed by atoms with Gasteiger partial charge in [-0.15, -0.1) is 0 Å². The lowest BCUT2D eigenvalue weighted by molar-refractivity contribution is -0.139. The van der Waals surface area contributed by atoms with Crippen LogP contribution in [0.5, 0.6) is 0 Å². The minimum atomic E-state index is -1.02. The molecule has 0 aromatic heterocycles. The van der Waals surface area contributed by atoms with Crippen LogP contribution in [0.15, 0.2) is 48.5 Å². The van der Waals surface area contributed by atoms with Gasteiger partial charge >= 0.3 is 5.97 Å². The zero-order valence-corrected chi connectivity index (χ0v) is 18.5. The molecule has 31 heavy (non-hydrogen) atoms. The zero-order chi connectivity index (χ0) is 22.1. The van der Waals surface area contributed by atoms with Gasteiger partial charge < -0.3 is 26.4 Å². The summed E-state index contributed by atoms with van der Waals surface area (Å²) in [5.74, 6) is -0.733. The Labute approximate surface area is 187 Å². The maximum absolute atomic E-state index is 13.0. The first-order valence-corrected chi connectivity index (χ1v) is 11.9. The van der Waals surface area contributed by atoms with Gasteiger partial charge in [-0.2, -0.15) is 11.8 Å². The fraction of sp³-hybridized carbons (Fsp3) is 0.391. The Morgan fingerprint density at radius 1 is 1.19 bits per heavy atom. The number of amides is 1. The van der Waals surface area contributed by atoms with E-state index in [9.17, 15) is 14.7 Å². The molecule has 1 saturated heterocycles. The summed E-state index contributed by atoms with van der Waals surface area (Å²) >= 11 is 1.56. The Hall–Kier alpha value is -2.55. The van der Waals surface area contributed by atoms with Crippen LogP contribution in [0.3, 0.4) is 0 Å². The molecule has 0 radical (unpaired) electrons. The minimum Gasteiger partial charge on any atom is -0.480 e. The third-order valence-corrected chi connectivity index (χ3v) is 5.89. The SMILES string of the molecule is CSCCC(NC(=O)c1ccc(NCC2CNCCN2)cc1-c1ccccc1)C(=O)O. The Bertz CT molecular complexity index is 872. The second kappa shape index (κ2) is 11.7. The lowest BCUT2D eigenvalue weighted by Crippen LogP contribution is -2.51. The van der Waals surface area contributed by atoms with E-state index in [4.69, 9.17) is 0 Å². The summed E-state index contributed by atoms with van der Waals surface area (Å²) in [7, 11) is 0. The smallest absolute Gasteiger partial charge is 0.326 e. The Kier molecular flexibility index (Phi) is 8.75. The number of carboxylic acid groups (broad SMARTS) is 1. The molecule has 0 bridgehead atoms. The summed E-state index contributed by atoms with van der Waals surface area (Å²) in [5, 5.41) is 22.4. The van der Waals surface area contributed by atoms with Crippen LogP contribution in [0.1, 0.15) is 16.8 Å². The molecule has 2 unspecified atom stereocenters. The highest BCUT2D eigenvalue weighted by atomic mass is 32.2. The number of rotatable bonds is 10. The highest BCUT2D eigenvalue weighted by Crippen LogP contribution is 2.27. The number of carbonyl (C=O) groups is 2.